The van der Waals surface area contributed by atoms with Gasteiger partial charge in [-0.15, -0.1) is 0 Å². The van der Waals surface area contributed by atoms with Crippen LogP contribution in [0.3, 0.4) is 0 Å². The minimum Gasteiger partial charge on any atom is -0.496 e. The molecule has 0 N–H and O–H groups in total. The number of methoxy groups -OCH3 is 1. The molecule has 2 aromatic carbocycles. The Morgan fingerprint density at radius 3 is 2.52 bits per heavy atom. The Balaban J connectivity index is 1.63. The summed E-state index contributed by atoms with van der Waals surface area (Å²) in [6.07, 6.45) is 4.53. The van der Waals surface area contributed by atoms with Crippen LogP contribution in [0.2, 0.25) is 5.02 Å². The van der Waals surface area contributed by atoms with Crippen LogP contribution in [0.4, 0.5) is 5.95 Å². The van der Waals surface area contributed by atoms with Crippen molar-refractivity contribution < 1.29 is 13.2 Å². The summed E-state index contributed by atoms with van der Waals surface area (Å²) in [5, 5.41) is 1.54. The van der Waals surface area contributed by atoms with Gasteiger partial charge in [-0.25, -0.2) is 22.7 Å². The highest BCUT2D eigenvalue weighted by molar-refractivity contribution is 7.88. The lowest BCUT2D eigenvalue weighted by Gasteiger charge is -2.35. The number of nitrogens with zero attached hydrogens (tertiary/aromatic N) is 4. The van der Waals surface area contributed by atoms with Crippen molar-refractivity contribution in [1.29, 1.82) is 0 Å². The second kappa shape index (κ2) is 8.61. The van der Waals surface area contributed by atoms with Gasteiger partial charge in [0, 0.05) is 60.0 Å². The molecule has 0 amide bonds. The highest BCUT2D eigenvalue weighted by Crippen LogP contribution is 2.37. The molecule has 164 valence electrons. The maximum Gasteiger partial charge on any atom is 0.225 e. The second-order valence-corrected chi connectivity index (χ2v) is 10.2. The standard InChI is InChI=1S/C22H25ClN4O3S/c1-26(16-8-10-27(11-9-16)31(3,28)29)22-24-14-15-12-18(17-6-4-5-7-19(17)23)21(30-2)13-20(15)25-22/h4-7,12-14,16H,8-11H2,1-3H3. The number of ether oxygens (including phenoxy) is 1. The van der Waals surface area contributed by atoms with Gasteiger partial charge in [0.05, 0.1) is 18.9 Å². The maximum absolute atomic E-state index is 11.8. The van der Waals surface area contributed by atoms with Gasteiger partial charge < -0.3 is 9.64 Å². The zero-order chi connectivity index (χ0) is 22.2. The zero-order valence-electron chi connectivity index (χ0n) is 17.7. The summed E-state index contributed by atoms with van der Waals surface area (Å²) in [4.78, 5) is 11.4. The van der Waals surface area contributed by atoms with Crippen molar-refractivity contribution >= 4 is 38.5 Å². The van der Waals surface area contributed by atoms with Crippen molar-refractivity contribution in [2.75, 3.05) is 38.4 Å². The lowest BCUT2D eigenvalue weighted by molar-refractivity contribution is 0.315. The second-order valence-electron chi connectivity index (χ2n) is 7.77. The molecule has 2 heterocycles. The molecule has 1 fully saturated rings. The van der Waals surface area contributed by atoms with Gasteiger partial charge in [0.25, 0.3) is 0 Å². The Bertz CT molecular complexity index is 1210. The number of halogens is 1. The molecule has 1 aliphatic heterocycles. The molecule has 0 radical (unpaired) electrons. The van der Waals surface area contributed by atoms with Crippen LogP contribution in [-0.4, -0.2) is 62.2 Å². The molecule has 0 spiro atoms. The Hall–Kier alpha value is -2.42. The van der Waals surface area contributed by atoms with E-state index in [2.05, 4.69) is 4.98 Å². The fourth-order valence-corrected chi connectivity index (χ4v) is 5.11. The number of hydrogen-bond acceptors (Lipinski definition) is 6. The number of hydrogen-bond donors (Lipinski definition) is 0. The third-order valence-corrected chi connectivity index (χ3v) is 7.44. The van der Waals surface area contributed by atoms with E-state index in [1.54, 1.807) is 13.3 Å². The van der Waals surface area contributed by atoms with Crippen LogP contribution in [-0.2, 0) is 10.0 Å². The van der Waals surface area contributed by atoms with Crippen molar-refractivity contribution in [2.24, 2.45) is 0 Å². The Morgan fingerprint density at radius 1 is 1.16 bits per heavy atom. The summed E-state index contributed by atoms with van der Waals surface area (Å²) in [7, 11) is 0.440. The molecule has 0 bridgehead atoms. The van der Waals surface area contributed by atoms with E-state index in [9.17, 15) is 8.42 Å². The molecule has 0 unspecified atom stereocenters. The first kappa shape index (κ1) is 21.8. The number of anilines is 1. The van der Waals surface area contributed by atoms with Gasteiger partial charge in [0.15, 0.2) is 0 Å². The number of sulfonamides is 1. The van der Waals surface area contributed by atoms with Gasteiger partial charge in [0.1, 0.15) is 5.75 Å². The van der Waals surface area contributed by atoms with E-state index in [0.29, 0.717) is 29.8 Å². The Kier molecular flexibility index (Phi) is 6.05. The third kappa shape index (κ3) is 4.46. The van der Waals surface area contributed by atoms with Crippen LogP contribution in [0, 0.1) is 0 Å². The number of rotatable bonds is 5. The van der Waals surface area contributed by atoms with Crippen molar-refractivity contribution in [1.82, 2.24) is 14.3 Å². The quantitative estimate of drug-likeness (QED) is 0.576. The average Bonchev–Trinajstić information content (AvgIpc) is 2.77. The molecule has 3 aromatic rings. The Labute approximate surface area is 187 Å². The maximum atomic E-state index is 11.8. The van der Waals surface area contributed by atoms with Crippen molar-refractivity contribution in [3.8, 4) is 16.9 Å². The summed E-state index contributed by atoms with van der Waals surface area (Å²) < 4.78 is 30.7. The van der Waals surface area contributed by atoms with Crippen molar-refractivity contribution in [2.45, 2.75) is 18.9 Å². The summed E-state index contributed by atoms with van der Waals surface area (Å²) in [6.45, 7) is 1.02. The van der Waals surface area contributed by atoms with Crippen LogP contribution in [0.5, 0.6) is 5.75 Å². The molecular weight excluding hydrogens is 436 g/mol. The number of aromatic nitrogens is 2. The minimum atomic E-state index is -3.15. The van der Waals surface area contributed by atoms with E-state index in [-0.39, 0.29) is 6.04 Å². The van der Waals surface area contributed by atoms with Crippen molar-refractivity contribution in [3.05, 3.63) is 47.6 Å². The van der Waals surface area contributed by atoms with Crippen LogP contribution in [0.25, 0.3) is 22.0 Å². The fraction of sp³-hybridized carbons (Fsp3) is 0.364. The lowest BCUT2D eigenvalue weighted by atomic mass is 10.0. The van der Waals surface area contributed by atoms with E-state index in [0.717, 1.165) is 34.9 Å². The van der Waals surface area contributed by atoms with Crippen LogP contribution < -0.4 is 9.64 Å². The van der Waals surface area contributed by atoms with E-state index in [1.165, 1.54) is 10.6 Å². The first-order valence-corrected chi connectivity index (χ1v) is 12.3. The number of benzene rings is 2. The van der Waals surface area contributed by atoms with Crippen LogP contribution in [0.15, 0.2) is 42.6 Å². The molecule has 31 heavy (non-hydrogen) atoms. The zero-order valence-corrected chi connectivity index (χ0v) is 19.3. The van der Waals surface area contributed by atoms with E-state index < -0.39 is 10.0 Å². The molecule has 0 saturated carbocycles. The molecular formula is C22H25ClN4O3S. The van der Waals surface area contributed by atoms with Gasteiger partial charge in [-0.1, -0.05) is 29.8 Å². The first-order valence-electron chi connectivity index (χ1n) is 10.1. The number of piperidine rings is 1. The van der Waals surface area contributed by atoms with E-state index in [1.807, 2.05) is 48.3 Å². The predicted octanol–water partition coefficient (Wildman–Crippen LogP) is 3.82. The van der Waals surface area contributed by atoms with Crippen LogP contribution >= 0.6 is 11.6 Å². The molecule has 0 atom stereocenters. The molecule has 1 aliphatic rings. The van der Waals surface area contributed by atoms with Gasteiger partial charge in [-0.05, 0) is 25.0 Å². The smallest absolute Gasteiger partial charge is 0.225 e. The minimum absolute atomic E-state index is 0.180. The van der Waals surface area contributed by atoms with Gasteiger partial charge >= 0.3 is 0 Å². The lowest BCUT2D eigenvalue weighted by Crippen LogP contribution is -2.45. The van der Waals surface area contributed by atoms with Crippen molar-refractivity contribution in [3.63, 3.8) is 0 Å². The highest BCUT2D eigenvalue weighted by atomic mass is 35.5. The predicted molar refractivity (Wildman–Crippen MR) is 124 cm³/mol. The first-order chi connectivity index (χ1) is 14.8. The van der Waals surface area contributed by atoms with Gasteiger partial charge in [0.2, 0.25) is 16.0 Å². The Morgan fingerprint density at radius 2 is 1.87 bits per heavy atom. The summed E-state index contributed by atoms with van der Waals surface area (Å²) in [5.74, 6) is 1.30. The average molecular weight is 461 g/mol. The third-order valence-electron chi connectivity index (χ3n) is 5.81. The summed E-state index contributed by atoms with van der Waals surface area (Å²) in [6, 6.07) is 11.7. The van der Waals surface area contributed by atoms with E-state index in [4.69, 9.17) is 21.3 Å². The molecule has 0 aliphatic carbocycles. The van der Waals surface area contributed by atoms with Gasteiger partial charge in [-0.2, -0.15) is 0 Å². The molecule has 7 nitrogen and oxygen atoms in total. The topological polar surface area (TPSA) is 75.6 Å². The summed E-state index contributed by atoms with van der Waals surface area (Å²) in [5.41, 5.74) is 2.55. The molecule has 1 saturated heterocycles. The molecule has 9 heteroatoms. The van der Waals surface area contributed by atoms with E-state index >= 15 is 0 Å². The summed E-state index contributed by atoms with van der Waals surface area (Å²) >= 11 is 6.40. The normalized spacial score (nSPS) is 15.9. The highest BCUT2D eigenvalue weighted by Gasteiger charge is 2.28. The van der Waals surface area contributed by atoms with Crippen LogP contribution in [0.1, 0.15) is 12.8 Å². The molecule has 4 rings (SSSR count). The molecule has 1 aromatic heterocycles. The van der Waals surface area contributed by atoms with Gasteiger partial charge in [-0.3, -0.25) is 0 Å². The number of fused-ring (bicyclic) bond motifs is 1. The SMILES string of the molecule is COc1cc2nc(N(C)C3CCN(S(C)(=O)=O)CC3)ncc2cc1-c1ccccc1Cl. The monoisotopic (exact) mass is 460 g/mol. The fourth-order valence-electron chi connectivity index (χ4n) is 4.00. The largest absolute Gasteiger partial charge is 0.496 e.